The molecule has 9 heteroatoms. The molecule has 1 saturated heterocycles. The highest BCUT2D eigenvalue weighted by atomic mass is 16.6. The van der Waals surface area contributed by atoms with E-state index < -0.39 is 5.41 Å². The Morgan fingerprint density at radius 2 is 2.16 bits per heavy atom. The highest BCUT2D eigenvalue weighted by Gasteiger charge is 2.39. The Labute approximate surface area is 180 Å². The van der Waals surface area contributed by atoms with E-state index in [1.807, 2.05) is 42.0 Å². The van der Waals surface area contributed by atoms with Crippen molar-refractivity contribution in [3.8, 4) is 0 Å². The first kappa shape index (κ1) is 20.8. The second kappa shape index (κ2) is 8.71. The Morgan fingerprint density at radius 3 is 2.90 bits per heavy atom. The third kappa shape index (κ3) is 4.65. The van der Waals surface area contributed by atoms with Crippen LogP contribution in [0.25, 0.3) is 0 Å². The van der Waals surface area contributed by atoms with Gasteiger partial charge in [-0.25, -0.2) is 9.61 Å². The van der Waals surface area contributed by atoms with E-state index in [9.17, 15) is 9.59 Å². The first-order chi connectivity index (χ1) is 14.9. The summed E-state index contributed by atoms with van der Waals surface area (Å²) in [6, 6.07) is 7.62. The molecule has 1 unspecified atom stereocenters. The van der Waals surface area contributed by atoms with E-state index in [-0.39, 0.29) is 18.4 Å². The maximum Gasteiger partial charge on any atom is 0.253 e. The van der Waals surface area contributed by atoms with Crippen molar-refractivity contribution in [3.05, 3.63) is 65.5 Å². The van der Waals surface area contributed by atoms with Crippen molar-refractivity contribution in [1.29, 1.82) is 0 Å². The van der Waals surface area contributed by atoms with Crippen LogP contribution in [-0.2, 0) is 17.9 Å². The molecule has 0 bridgehead atoms. The van der Waals surface area contributed by atoms with Crippen LogP contribution in [0.3, 0.4) is 0 Å². The number of amides is 2. The van der Waals surface area contributed by atoms with Gasteiger partial charge < -0.3 is 14.8 Å². The quantitative estimate of drug-likeness (QED) is 0.653. The minimum absolute atomic E-state index is 0.0530. The van der Waals surface area contributed by atoms with E-state index >= 15 is 0 Å². The lowest BCUT2D eigenvalue weighted by Crippen LogP contribution is -2.51. The molecule has 4 rings (SSSR count). The van der Waals surface area contributed by atoms with Gasteiger partial charge in [-0.15, -0.1) is 0 Å². The van der Waals surface area contributed by atoms with Crippen LogP contribution in [0, 0.1) is 12.3 Å². The van der Waals surface area contributed by atoms with Crippen molar-refractivity contribution < 1.29 is 14.2 Å². The maximum atomic E-state index is 13.2. The topological polar surface area (TPSA) is 106 Å². The highest BCUT2D eigenvalue weighted by Crippen LogP contribution is 2.31. The molecule has 1 fully saturated rings. The number of likely N-dealkylation sites (tertiary alicyclic amines) is 1. The summed E-state index contributed by atoms with van der Waals surface area (Å²) in [6.45, 7) is 5.61. The van der Waals surface area contributed by atoms with Gasteiger partial charge in [0.05, 0.1) is 18.3 Å². The van der Waals surface area contributed by atoms with Crippen LogP contribution >= 0.6 is 0 Å². The molecule has 2 aromatic heterocycles. The second-order valence-corrected chi connectivity index (χ2v) is 8.31. The number of aryl methyl sites for hydroxylation is 1. The molecule has 0 aliphatic carbocycles. The summed E-state index contributed by atoms with van der Waals surface area (Å²) in [5.41, 5.74) is 2.26. The Kier molecular flexibility index (Phi) is 5.83. The van der Waals surface area contributed by atoms with E-state index in [0.717, 1.165) is 18.4 Å². The van der Waals surface area contributed by atoms with Gasteiger partial charge >= 0.3 is 0 Å². The molecule has 1 aliphatic heterocycles. The summed E-state index contributed by atoms with van der Waals surface area (Å²) in [5.74, 6) is -0.149. The molecule has 162 valence electrons. The number of nitrogens with zero attached hydrogens (tertiary/aromatic N) is 5. The smallest absolute Gasteiger partial charge is 0.253 e. The first-order valence-corrected chi connectivity index (χ1v) is 10.3. The van der Waals surface area contributed by atoms with Gasteiger partial charge in [0.25, 0.3) is 5.91 Å². The monoisotopic (exact) mass is 422 g/mol. The minimum Gasteiger partial charge on any atom is -0.350 e. The van der Waals surface area contributed by atoms with Crippen molar-refractivity contribution >= 4 is 11.8 Å². The lowest BCUT2D eigenvalue weighted by Gasteiger charge is -2.39. The number of carbonyl (C=O) groups is 2. The fourth-order valence-corrected chi connectivity index (χ4v) is 3.96. The number of hydrogen-bond acceptors (Lipinski definition) is 6. The summed E-state index contributed by atoms with van der Waals surface area (Å²) in [5, 5.41) is 10.5. The predicted molar refractivity (Wildman–Crippen MR) is 112 cm³/mol. The van der Waals surface area contributed by atoms with Gasteiger partial charge in [0, 0.05) is 37.6 Å². The van der Waals surface area contributed by atoms with E-state index in [2.05, 4.69) is 25.2 Å². The molecule has 2 amide bonds. The Balaban J connectivity index is 1.42. The van der Waals surface area contributed by atoms with Crippen LogP contribution in [0.2, 0.25) is 0 Å². The van der Waals surface area contributed by atoms with Crippen LogP contribution < -0.4 is 5.32 Å². The normalized spacial score (nSPS) is 18.7. The number of rotatable bonds is 6. The Bertz CT molecular complexity index is 1060. The van der Waals surface area contributed by atoms with Gasteiger partial charge in [-0.1, -0.05) is 22.4 Å². The second-order valence-electron chi connectivity index (χ2n) is 8.31. The molecule has 31 heavy (non-hydrogen) atoms. The third-order valence-electron chi connectivity index (χ3n) is 5.79. The van der Waals surface area contributed by atoms with Crippen LogP contribution in [0.5, 0.6) is 0 Å². The number of piperidine rings is 1. The zero-order valence-corrected chi connectivity index (χ0v) is 17.7. The van der Waals surface area contributed by atoms with Gasteiger partial charge in [-0.05, 0) is 44.4 Å². The number of carbonyl (C=O) groups excluding carboxylic acids is 2. The Morgan fingerprint density at radius 1 is 1.29 bits per heavy atom. The number of hydrogen-bond donors (Lipinski definition) is 1. The van der Waals surface area contributed by atoms with Gasteiger partial charge in [-0.3, -0.25) is 9.59 Å². The average molecular weight is 422 g/mol. The molecule has 1 aliphatic rings. The lowest BCUT2D eigenvalue weighted by molar-refractivity contribution is -0.132. The molecule has 3 aromatic rings. The van der Waals surface area contributed by atoms with E-state index in [4.69, 9.17) is 0 Å². The molecular formula is C22H26N6O3. The molecule has 0 radical (unpaired) electrons. The predicted octanol–water partition coefficient (Wildman–Crippen LogP) is 2.18. The molecule has 0 spiro atoms. The van der Waals surface area contributed by atoms with Crippen LogP contribution in [0.1, 0.15) is 47.1 Å². The fourth-order valence-electron chi connectivity index (χ4n) is 3.96. The maximum absolute atomic E-state index is 13.2. The summed E-state index contributed by atoms with van der Waals surface area (Å²) in [7, 11) is 0. The van der Waals surface area contributed by atoms with Crippen molar-refractivity contribution in [1.82, 2.24) is 30.1 Å². The van der Waals surface area contributed by atoms with Gasteiger partial charge in [0.2, 0.25) is 5.91 Å². The third-order valence-corrected chi connectivity index (χ3v) is 5.79. The van der Waals surface area contributed by atoms with Crippen LogP contribution in [-0.4, -0.2) is 49.7 Å². The zero-order valence-electron chi connectivity index (χ0n) is 17.7. The van der Waals surface area contributed by atoms with E-state index in [1.54, 1.807) is 24.3 Å². The molecule has 9 nitrogen and oxygen atoms in total. The number of benzene rings is 1. The molecule has 1 N–H and O–H groups in total. The SMILES string of the molecule is Cc1nonc1CNC(=O)C1(C)CCCN(C(=O)c2cccc(Cn3ccnc3)c2)C1. The highest BCUT2D eigenvalue weighted by molar-refractivity contribution is 5.95. The van der Waals surface area contributed by atoms with Crippen molar-refractivity contribution in [2.45, 2.75) is 39.8 Å². The number of imidazole rings is 1. The summed E-state index contributed by atoms with van der Waals surface area (Å²) in [4.78, 5) is 32.0. The van der Waals surface area contributed by atoms with Gasteiger partial charge in [-0.2, -0.15) is 0 Å². The first-order valence-electron chi connectivity index (χ1n) is 10.3. The average Bonchev–Trinajstić information content (AvgIpc) is 3.43. The zero-order chi connectivity index (χ0) is 21.8. The van der Waals surface area contributed by atoms with Crippen LogP contribution in [0.15, 0.2) is 47.6 Å². The number of aromatic nitrogens is 4. The summed E-state index contributed by atoms with van der Waals surface area (Å²) < 4.78 is 6.64. The molecule has 1 aromatic carbocycles. The fraction of sp³-hybridized carbons (Fsp3) is 0.409. The largest absolute Gasteiger partial charge is 0.350 e. The number of nitrogens with one attached hydrogen (secondary N) is 1. The molecule has 1 atom stereocenters. The minimum atomic E-state index is -0.659. The molecule has 3 heterocycles. The summed E-state index contributed by atoms with van der Waals surface area (Å²) >= 11 is 0. The van der Waals surface area contributed by atoms with E-state index in [0.29, 0.717) is 36.6 Å². The van der Waals surface area contributed by atoms with Crippen molar-refractivity contribution in [3.63, 3.8) is 0 Å². The van der Waals surface area contributed by atoms with Gasteiger partial charge in [0.1, 0.15) is 11.4 Å². The molecular weight excluding hydrogens is 396 g/mol. The Hall–Kier alpha value is -3.49. The van der Waals surface area contributed by atoms with Gasteiger partial charge in [0.15, 0.2) is 0 Å². The summed E-state index contributed by atoms with van der Waals surface area (Å²) in [6.07, 6.45) is 6.86. The van der Waals surface area contributed by atoms with Crippen molar-refractivity contribution in [2.24, 2.45) is 5.41 Å². The molecule has 0 saturated carbocycles. The lowest BCUT2D eigenvalue weighted by atomic mass is 9.80. The van der Waals surface area contributed by atoms with E-state index in [1.165, 1.54) is 0 Å². The van der Waals surface area contributed by atoms with Crippen molar-refractivity contribution in [2.75, 3.05) is 13.1 Å². The standard InChI is InChI=1S/C22H26N6O3/c1-16-19(26-31-25-16)12-24-21(30)22(2)7-4-9-28(14-22)20(29)18-6-3-5-17(11-18)13-27-10-8-23-15-27/h3,5-6,8,10-11,15H,4,7,9,12-14H2,1-2H3,(H,24,30). The van der Waals surface area contributed by atoms with Crippen LogP contribution in [0.4, 0.5) is 0 Å².